The fraction of sp³-hybridized carbons (Fsp3) is 0.375. The molecule has 46 heavy (non-hydrogen) atoms. The Balaban J connectivity index is 1.48. The number of allylic oxidation sites excluding steroid dienone is 4. The van der Waals surface area contributed by atoms with Gasteiger partial charge in [0.1, 0.15) is 11.1 Å². The van der Waals surface area contributed by atoms with Gasteiger partial charge in [-0.25, -0.2) is 0 Å². The third-order valence-corrected chi connectivity index (χ3v) is 11.5. The Morgan fingerprint density at radius 2 is 0.783 bits per heavy atom. The summed E-state index contributed by atoms with van der Waals surface area (Å²) in [5.41, 5.74) is 2.25. The average molecular weight is 697 g/mol. The van der Waals surface area contributed by atoms with E-state index in [1.165, 1.54) is 19.6 Å². The number of thiocarbonyl (C=S) groups is 2. The first kappa shape index (κ1) is 33.9. The van der Waals surface area contributed by atoms with Crippen LogP contribution in [0.1, 0.15) is 41.5 Å². The van der Waals surface area contributed by atoms with Gasteiger partial charge in [0.05, 0.1) is 31.2 Å². The molecule has 10 nitrogen and oxygen atoms in total. The topological polar surface area (TPSA) is 87.7 Å². The van der Waals surface area contributed by atoms with Crippen molar-refractivity contribution in [3.05, 3.63) is 57.6 Å². The van der Waals surface area contributed by atoms with Gasteiger partial charge in [-0.1, -0.05) is 23.5 Å². The maximum absolute atomic E-state index is 13.2. The highest BCUT2D eigenvalue weighted by molar-refractivity contribution is 8.06. The number of benzene rings is 1. The molecule has 1 aromatic carbocycles. The molecule has 4 heterocycles. The Morgan fingerprint density at radius 3 is 1.04 bits per heavy atom. The molecule has 14 heteroatoms. The van der Waals surface area contributed by atoms with Crippen LogP contribution in [0.2, 0.25) is 0 Å². The van der Waals surface area contributed by atoms with Gasteiger partial charge in [-0.3, -0.25) is 38.8 Å². The molecule has 242 valence electrons. The molecule has 2 saturated heterocycles. The molecule has 1 aromatic rings. The summed E-state index contributed by atoms with van der Waals surface area (Å²) < 4.78 is 0. The smallest absolute Gasteiger partial charge is 0.265 e. The van der Waals surface area contributed by atoms with E-state index < -0.39 is 0 Å². The maximum Gasteiger partial charge on any atom is 0.265 e. The molecule has 0 N–H and O–H groups in total. The molecule has 0 saturated carbocycles. The second-order valence-corrected chi connectivity index (χ2v) is 13.2. The minimum Gasteiger partial charge on any atom is -0.335 e. The lowest BCUT2D eigenvalue weighted by Crippen LogP contribution is -2.55. The number of likely N-dealkylation sites (N-methyl/N-ethyl adjacent to an activating group) is 4. The minimum absolute atomic E-state index is 0.0864. The molecule has 0 atom stereocenters. The van der Waals surface area contributed by atoms with Crippen LogP contribution in [0.5, 0.6) is 0 Å². The van der Waals surface area contributed by atoms with Crippen LogP contribution in [-0.4, -0.2) is 92.7 Å². The van der Waals surface area contributed by atoms with Gasteiger partial charge in [0.2, 0.25) is 0 Å². The lowest BCUT2D eigenvalue weighted by atomic mass is 10.1. The van der Waals surface area contributed by atoms with Crippen LogP contribution in [0.4, 0.5) is 11.4 Å². The molecule has 4 aliphatic heterocycles. The molecule has 0 unspecified atom stereocenters. The number of hydrogen-bond donors (Lipinski definition) is 0. The van der Waals surface area contributed by atoms with Gasteiger partial charge >= 0.3 is 0 Å². The highest BCUT2D eigenvalue weighted by atomic mass is 32.2. The first-order valence-electron chi connectivity index (χ1n) is 15.3. The third kappa shape index (κ3) is 5.48. The summed E-state index contributed by atoms with van der Waals surface area (Å²) in [6, 6.07) is 4.17. The fourth-order valence-electron chi connectivity index (χ4n) is 5.73. The largest absolute Gasteiger partial charge is 0.335 e. The van der Waals surface area contributed by atoms with Crippen molar-refractivity contribution in [2.24, 2.45) is 0 Å². The normalized spacial score (nSPS) is 20.3. The SMILES string of the molecule is CCN1C(=O)C(=C/C=C2\Sc3c(ccc4c3S/C(=C/C=C3C(=O)N(CC)C(=S)N(CC)C3=O)N4CC)N2CC)C(=O)N(CC)C1=S. The number of thioether (sulfide) groups is 2. The molecule has 0 bridgehead atoms. The van der Waals surface area contributed by atoms with Gasteiger partial charge in [-0.2, -0.15) is 0 Å². The average Bonchev–Trinajstić information content (AvgIpc) is 3.58. The zero-order chi connectivity index (χ0) is 33.4. The zero-order valence-corrected chi connectivity index (χ0v) is 29.9. The van der Waals surface area contributed by atoms with Crippen molar-refractivity contribution in [3.8, 4) is 0 Å². The standard InChI is InChI=1S/C32H36N6O4S4/c1-7-33-21-15-16-22-26(25(21)45-23(33)17-13-19-27(39)35(9-3)31(43)36(10-4)28(19)40)46-24(34(22)8-2)18-14-20-29(41)37(11-5)32(44)38(12-6)30(20)42/h13-18H,7-12H2,1-6H3/b23-17-,24-18+. The Bertz CT molecular complexity index is 1500. The van der Waals surface area contributed by atoms with Crippen LogP contribution in [0, 0.1) is 0 Å². The molecular weight excluding hydrogens is 661 g/mol. The monoisotopic (exact) mass is 696 g/mol. The minimum atomic E-state index is -0.387. The van der Waals surface area contributed by atoms with Crippen molar-refractivity contribution < 1.29 is 19.2 Å². The number of anilines is 2. The number of hydrogen-bond acceptors (Lipinski definition) is 10. The van der Waals surface area contributed by atoms with Gasteiger partial charge in [0, 0.05) is 39.3 Å². The van der Waals surface area contributed by atoms with Crippen LogP contribution in [0.3, 0.4) is 0 Å². The van der Waals surface area contributed by atoms with Crippen molar-refractivity contribution in [1.82, 2.24) is 19.6 Å². The highest BCUT2D eigenvalue weighted by Crippen LogP contribution is 2.58. The molecule has 4 aliphatic rings. The molecule has 4 amide bonds. The second-order valence-electron chi connectivity index (χ2n) is 10.4. The maximum atomic E-state index is 13.2. The lowest BCUT2D eigenvalue weighted by molar-refractivity contribution is -0.135. The summed E-state index contributed by atoms with van der Waals surface area (Å²) in [6.07, 6.45) is 6.90. The number of nitrogens with zero attached hydrogens (tertiary/aromatic N) is 6. The molecule has 0 aliphatic carbocycles. The van der Waals surface area contributed by atoms with Crippen LogP contribution < -0.4 is 9.80 Å². The quantitative estimate of drug-likeness (QED) is 0.209. The van der Waals surface area contributed by atoms with Gasteiger partial charge in [0.25, 0.3) is 23.6 Å². The summed E-state index contributed by atoms with van der Waals surface area (Å²) >= 11 is 14.0. The van der Waals surface area contributed by atoms with Crippen LogP contribution >= 0.6 is 48.0 Å². The van der Waals surface area contributed by atoms with Gasteiger partial charge in [-0.15, -0.1) is 0 Å². The van der Waals surface area contributed by atoms with E-state index in [0.29, 0.717) is 39.3 Å². The fourth-order valence-corrected chi connectivity index (χ4v) is 9.16. The van der Waals surface area contributed by atoms with Crippen molar-refractivity contribution in [3.63, 3.8) is 0 Å². The molecular formula is C32H36N6O4S4. The molecule has 5 rings (SSSR count). The van der Waals surface area contributed by atoms with E-state index in [1.807, 2.05) is 39.8 Å². The van der Waals surface area contributed by atoms with Gasteiger partial charge < -0.3 is 9.80 Å². The van der Waals surface area contributed by atoms with Crippen LogP contribution in [0.25, 0.3) is 0 Å². The summed E-state index contributed by atoms with van der Waals surface area (Å²) in [5.74, 6) is -1.55. The number of fused-ring (bicyclic) bond motifs is 3. The second kappa shape index (κ2) is 13.7. The van der Waals surface area contributed by atoms with E-state index >= 15 is 0 Å². The molecule has 0 aromatic heterocycles. The van der Waals surface area contributed by atoms with E-state index in [2.05, 4.69) is 35.8 Å². The number of rotatable bonds is 8. The lowest BCUT2D eigenvalue weighted by Gasteiger charge is -2.35. The van der Waals surface area contributed by atoms with Crippen molar-refractivity contribution >= 4 is 93.2 Å². The van der Waals surface area contributed by atoms with Crippen LogP contribution in [0.15, 0.2) is 67.4 Å². The van der Waals surface area contributed by atoms with Gasteiger partial charge in [0.15, 0.2) is 10.2 Å². The van der Waals surface area contributed by atoms with Crippen molar-refractivity contribution in [1.29, 1.82) is 0 Å². The Morgan fingerprint density at radius 1 is 0.500 bits per heavy atom. The van der Waals surface area contributed by atoms with E-state index in [4.69, 9.17) is 24.4 Å². The first-order chi connectivity index (χ1) is 22.1. The third-order valence-electron chi connectivity index (χ3n) is 8.11. The van der Waals surface area contributed by atoms with E-state index in [0.717, 1.165) is 31.2 Å². The van der Waals surface area contributed by atoms with E-state index in [9.17, 15) is 19.2 Å². The summed E-state index contributed by atoms with van der Waals surface area (Å²) in [5, 5.41) is 2.27. The van der Waals surface area contributed by atoms with E-state index in [-0.39, 0.29) is 45.0 Å². The summed E-state index contributed by atoms with van der Waals surface area (Å²) in [4.78, 5) is 65.0. The predicted molar refractivity (Wildman–Crippen MR) is 191 cm³/mol. The Hall–Kier alpha value is -3.46. The van der Waals surface area contributed by atoms with Crippen LogP contribution in [-0.2, 0) is 19.2 Å². The first-order valence-corrected chi connectivity index (χ1v) is 17.8. The van der Waals surface area contributed by atoms with Crippen molar-refractivity contribution in [2.75, 3.05) is 49.1 Å². The Kier molecular flexibility index (Phi) is 10.1. The molecule has 0 radical (unpaired) electrons. The van der Waals surface area contributed by atoms with Crippen molar-refractivity contribution in [2.45, 2.75) is 51.3 Å². The predicted octanol–water partition coefficient (Wildman–Crippen LogP) is 5.08. The zero-order valence-electron chi connectivity index (χ0n) is 26.7. The number of carbonyl (C=O) groups excluding carboxylic acids is 4. The molecule has 2 fully saturated rings. The Labute approximate surface area is 288 Å². The van der Waals surface area contributed by atoms with Gasteiger partial charge in [-0.05, 0) is 102 Å². The van der Waals surface area contributed by atoms with E-state index in [1.54, 1.807) is 35.7 Å². The summed E-state index contributed by atoms with van der Waals surface area (Å²) in [6.45, 7) is 14.4. The highest BCUT2D eigenvalue weighted by Gasteiger charge is 2.40. The molecule has 0 spiro atoms. The number of carbonyl (C=O) groups is 4. The summed E-state index contributed by atoms with van der Waals surface area (Å²) in [7, 11) is 0. The number of amides is 4.